The Morgan fingerprint density at radius 2 is 1.52 bits per heavy atom. The van der Waals surface area contributed by atoms with Crippen molar-refractivity contribution in [3.8, 4) is 22.8 Å². The molecule has 0 radical (unpaired) electrons. The fourth-order valence-electron chi connectivity index (χ4n) is 8.61. The zero-order valence-corrected chi connectivity index (χ0v) is 26.5. The summed E-state index contributed by atoms with van der Waals surface area (Å²) in [7, 11) is 7.63. The molecule has 2 aliphatic heterocycles. The number of hydrogen-bond donors (Lipinski definition) is 0. The minimum absolute atomic E-state index is 0.142. The van der Waals surface area contributed by atoms with Gasteiger partial charge in [-0.1, -0.05) is 60.7 Å². The summed E-state index contributed by atoms with van der Waals surface area (Å²) in [5, 5.41) is 0. The van der Waals surface area contributed by atoms with E-state index in [4.69, 9.17) is 19.4 Å². The van der Waals surface area contributed by atoms with Crippen LogP contribution in [0.25, 0.3) is 28.4 Å². The van der Waals surface area contributed by atoms with Crippen molar-refractivity contribution in [3.05, 3.63) is 125 Å². The summed E-state index contributed by atoms with van der Waals surface area (Å²) in [6, 6.07) is 32.6. The number of methoxy groups -OCH3 is 2. The molecule has 0 bridgehead atoms. The summed E-state index contributed by atoms with van der Waals surface area (Å²) in [6.07, 6.45) is 2.05. The van der Waals surface area contributed by atoms with Crippen molar-refractivity contribution in [1.82, 2.24) is 19.8 Å². The maximum Gasteiger partial charge on any atom is 0.170 e. The summed E-state index contributed by atoms with van der Waals surface area (Å²) >= 11 is 0. The number of rotatable bonds is 4. The second-order valence-corrected chi connectivity index (χ2v) is 12.8. The largest absolute Gasteiger partial charge is 0.497 e. The number of likely N-dealkylation sites (tertiary alicyclic amines) is 2. The number of carbonyl (C=O) groups is 1. The molecule has 2 fully saturated rings. The summed E-state index contributed by atoms with van der Waals surface area (Å²) in [5.74, 6) is 1.51. The van der Waals surface area contributed by atoms with Crippen LogP contribution < -0.4 is 9.47 Å². The normalized spacial score (nSPS) is 25.0. The molecule has 3 aliphatic rings. The van der Waals surface area contributed by atoms with Gasteiger partial charge >= 0.3 is 0 Å². The number of hydrogen-bond acceptors (Lipinski definition) is 7. The van der Waals surface area contributed by atoms with Gasteiger partial charge in [0.25, 0.3) is 0 Å². The molecule has 3 atom stereocenters. The molecule has 0 saturated carbocycles. The number of piperidine rings is 1. The van der Waals surface area contributed by atoms with Crippen LogP contribution in [0.15, 0.2) is 103 Å². The third-order valence-corrected chi connectivity index (χ3v) is 10.3. The number of Topliss-reactive ketones (excluding diaryl/α,β-unsaturated/α-hetero) is 1. The monoisotopic (exact) mass is 608 g/mol. The van der Waals surface area contributed by atoms with E-state index >= 15 is 4.79 Å². The summed E-state index contributed by atoms with van der Waals surface area (Å²) in [6.45, 7) is 1.75. The molecule has 0 unspecified atom stereocenters. The molecule has 2 spiro atoms. The van der Waals surface area contributed by atoms with E-state index in [0.717, 1.165) is 61.7 Å². The Morgan fingerprint density at radius 3 is 2.30 bits per heavy atom. The van der Waals surface area contributed by atoms with Gasteiger partial charge in [0.15, 0.2) is 5.78 Å². The van der Waals surface area contributed by atoms with Crippen LogP contribution in [0.2, 0.25) is 0 Å². The van der Waals surface area contributed by atoms with E-state index in [1.165, 1.54) is 0 Å². The molecule has 4 aromatic carbocycles. The number of carbonyl (C=O) groups excluding carboxylic acids is 1. The van der Waals surface area contributed by atoms with E-state index in [1.807, 2.05) is 66.7 Å². The second kappa shape index (κ2) is 10.6. The van der Waals surface area contributed by atoms with E-state index in [2.05, 4.69) is 60.3 Å². The average molecular weight is 609 g/mol. The van der Waals surface area contributed by atoms with E-state index < -0.39 is 11.0 Å². The van der Waals surface area contributed by atoms with Gasteiger partial charge in [-0.15, -0.1) is 0 Å². The van der Waals surface area contributed by atoms with Crippen molar-refractivity contribution in [1.29, 1.82) is 0 Å². The number of ether oxygens (including phenoxy) is 2. The van der Waals surface area contributed by atoms with Crippen LogP contribution in [0.1, 0.15) is 28.3 Å². The highest BCUT2D eigenvalue weighted by Crippen LogP contribution is 2.67. The molecule has 5 aromatic rings. The van der Waals surface area contributed by atoms with Crippen molar-refractivity contribution in [2.75, 3.05) is 47.9 Å². The van der Waals surface area contributed by atoms with Crippen LogP contribution in [0.5, 0.6) is 11.5 Å². The molecule has 1 aromatic heterocycles. The van der Waals surface area contributed by atoms with Gasteiger partial charge in [0, 0.05) is 36.7 Å². The number of benzene rings is 4. The first-order valence-electron chi connectivity index (χ1n) is 15.7. The van der Waals surface area contributed by atoms with Gasteiger partial charge in [-0.25, -0.2) is 9.97 Å². The summed E-state index contributed by atoms with van der Waals surface area (Å²) in [4.78, 5) is 31.1. The van der Waals surface area contributed by atoms with Gasteiger partial charge in [0.1, 0.15) is 17.0 Å². The fourth-order valence-corrected chi connectivity index (χ4v) is 8.61. The lowest BCUT2D eigenvalue weighted by Crippen LogP contribution is -2.62. The van der Waals surface area contributed by atoms with Crippen LogP contribution in [-0.4, -0.2) is 73.5 Å². The van der Waals surface area contributed by atoms with Gasteiger partial charge in [-0.05, 0) is 73.3 Å². The fraction of sp³-hybridized carbons (Fsp3) is 0.256. The lowest BCUT2D eigenvalue weighted by atomic mass is 9.55. The van der Waals surface area contributed by atoms with Gasteiger partial charge < -0.3 is 14.4 Å². The first-order chi connectivity index (χ1) is 22.4. The predicted octanol–water partition coefficient (Wildman–Crippen LogP) is 6.18. The quantitative estimate of drug-likeness (QED) is 0.226. The highest BCUT2D eigenvalue weighted by Gasteiger charge is 2.73. The zero-order valence-electron chi connectivity index (χ0n) is 26.5. The molecule has 8 rings (SSSR count). The van der Waals surface area contributed by atoms with Gasteiger partial charge in [-0.2, -0.15) is 0 Å². The van der Waals surface area contributed by atoms with Crippen LogP contribution in [-0.2, 0) is 10.3 Å². The number of likely N-dealkylation sites (N-methyl/N-ethyl adjacent to an activating group) is 2. The van der Waals surface area contributed by atoms with Crippen LogP contribution in [0.3, 0.4) is 0 Å². The second-order valence-electron chi connectivity index (χ2n) is 12.8. The third-order valence-electron chi connectivity index (χ3n) is 10.3. The maximum absolute atomic E-state index is 15.7. The molecule has 0 N–H and O–H groups in total. The number of aromatic nitrogens is 2. The minimum Gasteiger partial charge on any atom is -0.497 e. The van der Waals surface area contributed by atoms with Crippen LogP contribution in [0, 0.1) is 5.41 Å². The standard InChI is InChI=1S/C39H36N4O3/c1-42-22-27(19-25-11-9-13-28(20-25)45-3)37(44)38(24-42)32(26-12-10-14-29(21-26)46-4)23-43(2)39(38)31-16-6-5-15-30(31)35-36(39)41-34-18-8-7-17-33(34)40-35/h5-21,32H,22-24H2,1-4H3/b27-19+/t32-,38+,39+/m0/s1. The Balaban J connectivity index is 1.46. The van der Waals surface area contributed by atoms with Crippen molar-refractivity contribution < 1.29 is 14.3 Å². The van der Waals surface area contributed by atoms with E-state index in [1.54, 1.807) is 14.2 Å². The van der Waals surface area contributed by atoms with E-state index in [9.17, 15) is 0 Å². The Bertz CT molecular complexity index is 2060. The van der Waals surface area contributed by atoms with Crippen molar-refractivity contribution in [3.63, 3.8) is 0 Å². The molecule has 2 saturated heterocycles. The van der Waals surface area contributed by atoms with Crippen LogP contribution >= 0.6 is 0 Å². The third kappa shape index (κ3) is 3.88. The Kier molecular flexibility index (Phi) is 6.60. The molecule has 230 valence electrons. The lowest BCUT2D eigenvalue weighted by molar-refractivity contribution is -0.134. The molecule has 0 amide bonds. The van der Waals surface area contributed by atoms with Crippen molar-refractivity contribution >= 4 is 22.9 Å². The van der Waals surface area contributed by atoms with Crippen LogP contribution in [0.4, 0.5) is 0 Å². The molecule has 7 nitrogen and oxygen atoms in total. The Labute approximate surface area is 269 Å². The van der Waals surface area contributed by atoms with Gasteiger partial charge in [0.05, 0.1) is 42.1 Å². The first-order valence-corrected chi connectivity index (χ1v) is 15.7. The van der Waals surface area contributed by atoms with Gasteiger partial charge in [0.2, 0.25) is 0 Å². The molecule has 3 heterocycles. The first kappa shape index (κ1) is 28.6. The highest BCUT2D eigenvalue weighted by molar-refractivity contribution is 6.08. The summed E-state index contributed by atoms with van der Waals surface area (Å²) < 4.78 is 11.2. The maximum atomic E-state index is 15.7. The van der Waals surface area contributed by atoms with E-state index in [0.29, 0.717) is 19.6 Å². The predicted molar refractivity (Wildman–Crippen MR) is 180 cm³/mol. The number of nitrogens with zero attached hydrogens (tertiary/aromatic N) is 4. The number of para-hydroxylation sites is 2. The molecular formula is C39H36N4O3. The lowest BCUT2D eigenvalue weighted by Gasteiger charge is -2.52. The molecular weight excluding hydrogens is 572 g/mol. The molecule has 46 heavy (non-hydrogen) atoms. The highest BCUT2D eigenvalue weighted by atomic mass is 16.5. The number of fused-ring (bicyclic) bond motifs is 7. The Morgan fingerprint density at radius 1 is 0.826 bits per heavy atom. The minimum atomic E-state index is -0.940. The topological polar surface area (TPSA) is 67.8 Å². The van der Waals surface area contributed by atoms with Crippen molar-refractivity contribution in [2.24, 2.45) is 5.41 Å². The smallest absolute Gasteiger partial charge is 0.170 e. The van der Waals surface area contributed by atoms with E-state index in [-0.39, 0.29) is 11.7 Å². The SMILES string of the molecule is COc1cccc(/C=C2\CN(C)C[C@]3(C2=O)[C@H](c2cccc(OC)c2)CN(C)[C@@]32c3ccccc3-c3nc4ccccc4nc32)c1. The molecule has 7 heteroatoms. The molecule has 1 aliphatic carbocycles. The van der Waals surface area contributed by atoms with Crippen molar-refractivity contribution in [2.45, 2.75) is 11.5 Å². The Hall–Kier alpha value is -4.85. The summed E-state index contributed by atoms with van der Waals surface area (Å²) in [5.41, 5.74) is 6.46. The average Bonchev–Trinajstić information content (AvgIpc) is 3.52. The van der Waals surface area contributed by atoms with Gasteiger partial charge in [-0.3, -0.25) is 9.69 Å². The number of ketones is 1. The zero-order chi connectivity index (χ0) is 31.6.